The quantitative estimate of drug-likeness (QED) is 0.331. The van der Waals surface area contributed by atoms with E-state index in [1.54, 1.807) is 6.21 Å². The van der Waals surface area contributed by atoms with Gasteiger partial charge in [0.25, 0.3) is 0 Å². The van der Waals surface area contributed by atoms with Crippen molar-refractivity contribution in [2.75, 3.05) is 0 Å². The Labute approximate surface area is 166 Å². The summed E-state index contributed by atoms with van der Waals surface area (Å²) in [6.45, 7) is 3.71. The summed E-state index contributed by atoms with van der Waals surface area (Å²) in [5.41, 5.74) is 2.23. The summed E-state index contributed by atoms with van der Waals surface area (Å²) < 4.78 is 14.6. The van der Waals surface area contributed by atoms with Crippen molar-refractivity contribution in [3.63, 3.8) is 0 Å². The third kappa shape index (κ3) is 3.84. The first-order valence-corrected chi connectivity index (χ1v) is 11.5. The number of hydrogen-bond acceptors (Lipinski definition) is 6. The first-order chi connectivity index (χ1) is 13.7. The van der Waals surface area contributed by atoms with E-state index in [0.29, 0.717) is 11.8 Å². The lowest BCUT2D eigenvalue weighted by Crippen LogP contribution is -2.57. The number of rotatable bonds is 4. The third-order valence-electron chi connectivity index (χ3n) is 4.87. The number of benzene rings is 2. The fourth-order valence-corrected chi connectivity index (χ4v) is 7.07. The molecule has 0 spiro atoms. The minimum Gasteiger partial charge on any atom is -0.483 e. The first kappa shape index (κ1) is 18.4. The van der Waals surface area contributed by atoms with Crippen molar-refractivity contribution in [2.24, 2.45) is 15.3 Å². The minimum absolute atomic E-state index is 0.166. The molecule has 2 aliphatic heterocycles. The van der Waals surface area contributed by atoms with Crippen molar-refractivity contribution in [3.8, 4) is 0 Å². The predicted molar refractivity (Wildman–Crippen MR) is 113 cm³/mol. The molecule has 1 saturated heterocycles. The van der Waals surface area contributed by atoms with Gasteiger partial charge in [-0.1, -0.05) is 60.7 Å². The number of hydrogen-bond donors (Lipinski definition) is 0. The van der Waals surface area contributed by atoms with Crippen LogP contribution in [0.5, 0.6) is 0 Å². The second kappa shape index (κ2) is 7.98. The molecule has 144 valence electrons. The van der Waals surface area contributed by atoms with Crippen LogP contribution in [0.3, 0.4) is 0 Å². The van der Waals surface area contributed by atoms with E-state index in [1.807, 2.05) is 50.2 Å². The van der Waals surface area contributed by atoms with Gasteiger partial charge in [0.2, 0.25) is 0 Å². The zero-order valence-corrected chi connectivity index (χ0v) is 17.2. The number of hydrazone groups is 1. The summed E-state index contributed by atoms with van der Waals surface area (Å²) in [7, 11) is -2.73. The molecule has 2 aromatic rings. The normalized spacial score (nSPS) is 24.6. The van der Waals surface area contributed by atoms with Crippen LogP contribution in [-0.2, 0) is 8.85 Å². The smallest absolute Gasteiger partial charge is 0.483 e. The van der Waals surface area contributed by atoms with Gasteiger partial charge >= 0.3 is 8.72 Å². The molecule has 4 rings (SSSR count). The van der Waals surface area contributed by atoms with E-state index >= 15 is 0 Å². The van der Waals surface area contributed by atoms with Gasteiger partial charge in [-0.15, -0.1) is 10.2 Å². The molecule has 0 bridgehead atoms. The summed E-state index contributed by atoms with van der Waals surface area (Å²) in [5.74, 6) is 1.16. The Morgan fingerprint density at radius 3 is 2.64 bits per heavy atom. The van der Waals surface area contributed by atoms with Gasteiger partial charge in [0.1, 0.15) is 0 Å². The maximum absolute atomic E-state index is 6.33. The lowest BCUT2D eigenvalue weighted by Gasteiger charge is -2.40. The zero-order chi connectivity index (χ0) is 19.4. The molecule has 2 atom stereocenters. The van der Waals surface area contributed by atoms with E-state index in [2.05, 4.69) is 39.1 Å². The van der Waals surface area contributed by atoms with Crippen LogP contribution in [0.4, 0.5) is 0 Å². The Hall–Kier alpha value is -2.93. The average Bonchev–Trinajstić information content (AvgIpc) is 3.04. The van der Waals surface area contributed by atoms with Gasteiger partial charge in [-0.05, 0) is 24.0 Å². The maximum Gasteiger partial charge on any atom is 0.606 e. The highest BCUT2D eigenvalue weighted by Crippen LogP contribution is 2.42. The molecule has 6 nitrogen and oxygen atoms in total. The maximum atomic E-state index is 6.33. The first-order valence-electron chi connectivity index (χ1n) is 9.56. The van der Waals surface area contributed by atoms with Gasteiger partial charge in [0, 0.05) is 19.9 Å². The van der Waals surface area contributed by atoms with Crippen LogP contribution < -0.4 is 0 Å². The second-order valence-corrected chi connectivity index (χ2v) is 9.77. The molecule has 2 heterocycles. The molecule has 0 radical (unpaired) electrons. The lowest BCUT2D eigenvalue weighted by molar-refractivity contribution is 0.200. The van der Waals surface area contributed by atoms with Gasteiger partial charge in [0.05, 0.1) is 12.3 Å². The van der Waals surface area contributed by atoms with Crippen molar-refractivity contribution in [1.29, 1.82) is 0 Å². The Morgan fingerprint density at radius 2 is 1.89 bits per heavy atom. The molecule has 0 amide bonds. The predicted octanol–water partition coefficient (Wildman–Crippen LogP) is 4.60. The van der Waals surface area contributed by atoms with E-state index in [1.165, 1.54) is 5.56 Å². The van der Waals surface area contributed by atoms with E-state index in [0.717, 1.165) is 24.4 Å². The summed E-state index contributed by atoms with van der Waals surface area (Å²) in [6.07, 6.45) is 3.78. The molecular weight excluding hydrogens is 368 g/mol. The number of nitrogens with zero attached hydrogens (tertiary/aromatic N) is 4. The topological polar surface area (TPSA) is 58.8 Å². The standard InChI is InChI=1S/C21H24N4O2Si/c1-17(23-22-16-19-10-5-3-6-11-19)26-28-15-9-14-21(20-12-7-4-8-13-20)25(28)24-18(2)27-28/h3-8,10-13,16,21H,9,14-15H2,1-2H3/b22-16+,23-17+. The van der Waals surface area contributed by atoms with Crippen molar-refractivity contribution in [1.82, 2.24) is 4.67 Å². The molecule has 0 aromatic heterocycles. The fraction of sp³-hybridized carbons (Fsp3) is 0.286. The molecule has 2 aromatic carbocycles. The second-order valence-electron chi connectivity index (χ2n) is 6.97. The molecule has 0 aliphatic carbocycles. The average molecular weight is 393 g/mol. The minimum atomic E-state index is -2.73. The molecular formula is C21H24N4O2Si. The van der Waals surface area contributed by atoms with Crippen molar-refractivity contribution in [3.05, 3.63) is 71.8 Å². The summed E-state index contributed by atoms with van der Waals surface area (Å²) in [4.78, 5) is 0. The zero-order valence-electron chi connectivity index (χ0n) is 16.2. The highest BCUT2D eigenvalue weighted by atomic mass is 28.4. The molecule has 0 saturated carbocycles. The van der Waals surface area contributed by atoms with E-state index in [4.69, 9.17) is 14.0 Å². The van der Waals surface area contributed by atoms with Crippen molar-refractivity contribution in [2.45, 2.75) is 38.8 Å². The van der Waals surface area contributed by atoms with Crippen LogP contribution in [-0.4, -0.2) is 31.4 Å². The van der Waals surface area contributed by atoms with Crippen LogP contribution in [0.15, 0.2) is 76.0 Å². The van der Waals surface area contributed by atoms with Crippen LogP contribution in [0.25, 0.3) is 0 Å². The molecule has 28 heavy (non-hydrogen) atoms. The Balaban J connectivity index is 1.53. The van der Waals surface area contributed by atoms with Gasteiger partial charge < -0.3 is 8.85 Å². The molecule has 2 aliphatic rings. The van der Waals surface area contributed by atoms with Gasteiger partial charge in [-0.3, -0.25) is 0 Å². The Morgan fingerprint density at radius 1 is 1.18 bits per heavy atom. The highest BCUT2D eigenvalue weighted by molar-refractivity contribution is 6.69. The summed E-state index contributed by atoms with van der Waals surface area (Å²) in [6, 6.07) is 21.3. The largest absolute Gasteiger partial charge is 0.606 e. The SMILES string of the molecule is CC1=NN2C(c3ccccc3)CCC[Si]2(O/C(C)=N/N=C/c2ccccc2)O1. The summed E-state index contributed by atoms with van der Waals surface area (Å²) >= 11 is 0. The molecule has 7 heteroatoms. The van der Waals surface area contributed by atoms with E-state index in [9.17, 15) is 0 Å². The molecule has 2 unspecified atom stereocenters. The van der Waals surface area contributed by atoms with Crippen LogP contribution in [0, 0.1) is 0 Å². The van der Waals surface area contributed by atoms with E-state index in [-0.39, 0.29) is 6.04 Å². The third-order valence-corrected chi connectivity index (χ3v) is 8.19. The van der Waals surface area contributed by atoms with Crippen molar-refractivity contribution < 1.29 is 8.85 Å². The molecule has 1 fully saturated rings. The van der Waals surface area contributed by atoms with Gasteiger partial charge in [0.15, 0.2) is 11.8 Å². The van der Waals surface area contributed by atoms with Crippen molar-refractivity contribution >= 4 is 26.7 Å². The monoisotopic (exact) mass is 392 g/mol. The Kier molecular flexibility index (Phi) is 5.25. The Bertz CT molecular complexity index is 901. The van der Waals surface area contributed by atoms with Crippen LogP contribution in [0.1, 0.15) is 43.9 Å². The molecule has 0 N–H and O–H groups in total. The fourth-order valence-electron chi connectivity index (χ4n) is 3.71. The number of fused-ring (bicyclic) bond motifs is 1. The van der Waals surface area contributed by atoms with E-state index < -0.39 is 8.72 Å². The van der Waals surface area contributed by atoms with Gasteiger partial charge in [-0.25, -0.2) is 4.67 Å². The van der Waals surface area contributed by atoms with Crippen LogP contribution in [0.2, 0.25) is 6.04 Å². The van der Waals surface area contributed by atoms with Crippen LogP contribution >= 0.6 is 0 Å². The van der Waals surface area contributed by atoms with Gasteiger partial charge in [-0.2, -0.15) is 5.10 Å². The lowest BCUT2D eigenvalue weighted by atomic mass is 10.0. The highest BCUT2D eigenvalue weighted by Gasteiger charge is 2.59. The summed E-state index contributed by atoms with van der Waals surface area (Å²) in [5, 5.41) is 13.1.